The zero-order valence-electron chi connectivity index (χ0n) is 13.3. The number of nitrogens with zero attached hydrogens (tertiary/aromatic N) is 1. The van der Waals surface area contributed by atoms with Crippen LogP contribution in [0, 0.1) is 6.92 Å². The first-order valence-corrected chi connectivity index (χ1v) is 9.22. The number of hydrogen-bond acceptors (Lipinski definition) is 4. The van der Waals surface area contributed by atoms with Gasteiger partial charge in [-0.3, -0.25) is 4.79 Å². The van der Waals surface area contributed by atoms with Gasteiger partial charge in [0.1, 0.15) is 0 Å². The lowest BCUT2D eigenvalue weighted by atomic mass is 10.1. The van der Waals surface area contributed by atoms with E-state index in [0.29, 0.717) is 6.42 Å². The first kappa shape index (κ1) is 18.6. The Morgan fingerprint density at radius 2 is 1.91 bits per heavy atom. The number of aliphatic hydroxyl groups excluding tert-OH is 1. The molecule has 1 rings (SSSR count). The summed E-state index contributed by atoms with van der Waals surface area (Å²) in [7, 11) is -3.79. The van der Waals surface area contributed by atoms with Crippen LogP contribution in [0.1, 0.15) is 43.7 Å². The molecule has 0 bridgehead atoms. The van der Waals surface area contributed by atoms with Gasteiger partial charge in [0.25, 0.3) is 0 Å². The van der Waals surface area contributed by atoms with Gasteiger partial charge in [0.2, 0.25) is 15.9 Å². The lowest BCUT2D eigenvalue weighted by Crippen LogP contribution is -2.38. The topological polar surface area (TPSA) is 74.7 Å². The van der Waals surface area contributed by atoms with E-state index in [0.717, 1.165) is 28.3 Å². The zero-order valence-corrected chi connectivity index (χ0v) is 14.1. The van der Waals surface area contributed by atoms with Crippen LogP contribution in [0.2, 0.25) is 0 Å². The van der Waals surface area contributed by atoms with E-state index in [-0.39, 0.29) is 13.0 Å². The molecule has 5 nitrogen and oxygen atoms in total. The molecule has 0 unspecified atom stereocenters. The third-order valence-electron chi connectivity index (χ3n) is 3.53. The lowest BCUT2D eigenvalue weighted by molar-refractivity contribution is -0.127. The van der Waals surface area contributed by atoms with Crippen molar-refractivity contribution >= 4 is 15.9 Å². The van der Waals surface area contributed by atoms with Crippen LogP contribution in [0.15, 0.2) is 24.3 Å². The third-order valence-corrected chi connectivity index (χ3v) is 5.24. The maximum atomic E-state index is 12.3. The van der Waals surface area contributed by atoms with Crippen LogP contribution < -0.4 is 0 Å². The van der Waals surface area contributed by atoms with E-state index in [1.165, 1.54) is 0 Å². The smallest absolute Gasteiger partial charge is 0.239 e. The minimum Gasteiger partial charge on any atom is -0.395 e. The molecule has 6 heteroatoms. The van der Waals surface area contributed by atoms with E-state index in [1.54, 1.807) is 0 Å². The van der Waals surface area contributed by atoms with E-state index in [1.807, 2.05) is 38.1 Å². The molecular formula is C16H25NO4S. The van der Waals surface area contributed by atoms with Gasteiger partial charge in [0.05, 0.1) is 18.9 Å². The molecule has 1 aromatic rings. The molecule has 0 aliphatic heterocycles. The van der Waals surface area contributed by atoms with Crippen molar-refractivity contribution in [1.82, 2.24) is 4.31 Å². The van der Waals surface area contributed by atoms with E-state index in [4.69, 9.17) is 5.11 Å². The molecule has 0 heterocycles. The summed E-state index contributed by atoms with van der Waals surface area (Å²) in [6.07, 6.45) is 2.75. The Kier molecular flexibility index (Phi) is 7.55. The van der Waals surface area contributed by atoms with Crippen LogP contribution in [0.5, 0.6) is 0 Å². The van der Waals surface area contributed by atoms with E-state index in [9.17, 15) is 13.2 Å². The third kappa shape index (κ3) is 5.42. The van der Waals surface area contributed by atoms with Crippen molar-refractivity contribution < 1.29 is 18.3 Å². The zero-order chi connectivity index (χ0) is 16.6. The molecule has 0 aliphatic carbocycles. The number of carbonyl (C=O) groups excluding carboxylic acids is 1. The van der Waals surface area contributed by atoms with Gasteiger partial charge in [-0.2, -0.15) is 0 Å². The maximum Gasteiger partial charge on any atom is 0.239 e. The molecular weight excluding hydrogens is 302 g/mol. The van der Waals surface area contributed by atoms with Crippen LogP contribution >= 0.6 is 0 Å². The second-order valence-corrected chi connectivity index (χ2v) is 7.34. The molecule has 0 aliphatic rings. The summed E-state index contributed by atoms with van der Waals surface area (Å²) in [5.41, 5.74) is 1.74. The van der Waals surface area contributed by atoms with Gasteiger partial charge in [0.15, 0.2) is 0 Å². The van der Waals surface area contributed by atoms with Crippen LogP contribution in [-0.4, -0.2) is 36.1 Å². The molecule has 0 fully saturated rings. The molecule has 1 aromatic carbocycles. The Balaban J connectivity index is 2.96. The van der Waals surface area contributed by atoms with Crippen LogP contribution in [0.3, 0.4) is 0 Å². The summed E-state index contributed by atoms with van der Waals surface area (Å²) in [6, 6.07) is 7.39. The summed E-state index contributed by atoms with van der Waals surface area (Å²) in [4.78, 5) is 12.3. The van der Waals surface area contributed by atoms with Crippen molar-refractivity contribution in [1.29, 1.82) is 0 Å². The highest BCUT2D eigenvalue weighted by atomic mass is 32.2. The van der Waals surface area contributed by atoms with Crippen molar-refractivity contribution in [2.24, 2.45) is 0 Å². The first-order valence-electron chi connectivity index (χ1n) is 7.61. The number of hydrogen-bond donors (Lipinski definition) is 1. The fraction of sp³-hybridized carbons (Fsp3) is 0.562. The molecule has 0 aromatic heterocycles. The summed E-state index contributed by atoms with van der Waals surface area (Å²) < 4.78 is 25.4. The Bertz CT molecular complexity index is 584. The lowest BCUT2D eigenvalue weighted by Gasteiger charge is -2.23. The molecule has 0 spiro atoms. The standard InChI is InChI=1S/C16H25NO4S/c1-3-4-5-10-16(19)17(22(20,21)12-11-18)13-15-9-7-6-8-14(15)2/h6-9,18H,3-5,10-13H2,1-2H3. The number of rotatable bonds is 9. The van der Waals surface area contributed by atoms with Gasteiger partial charge in [-0.15, -0.1) is 0 Å². The minimum absolute atomic E-state index is 0.0277. The van der Waals surface area contributed by atoms with Crippen LogP contribution in [0.4, 0.5) is 0 Å². The molecule has 0 radical (unpaired) electrons. The van der Waals surface area contributed by atoms with Crippen molar-refractivity contribution in [3.05, 3.63) is 35.4 Å². The Morgan fingerprint density at radius 3 is 2.50 bits per heavy atom. The van der Waals surface area contributed by atoms with Crippen LogP contribution in [0.25, 0.3) is 0 Å². The van der Waals surface area contributed by atoms with E-state index < -0.39 is 28.3 Å². The quantitative estimate of drug-likeness (QED) is 0.706. The van der Waals surface area contributed by atoms with Gasteiger partial charge in [0, 0.05) is 6.42 Å². The predicted molar refractivity (Wildman–Crippen MR) is 86.7 cm³/mol. The van der Waals surface area contributed by atoms with Gasteiger partial charge >= 0.3 is 0 Å². The van der Waals surface area contributed by atoms with Crippen LogP contribution in [-0.2, 0) is 21.4 Å². The fourth-order valence-electron chi connectivity index (χ4n) is 2.16. The highest BCUT2D eigenvalue weighted by Crippen LogP contribution is 2.16. The average molecular weight is 327 g/mol. The maximum absolute atomic E-state index is 12.3. The second-order valence-electron chi connectivity index (χ2n) is 5.32. The second kappa shape index (κ2) is 8.90. The normalized spacial score (nSPS) is 11.4. The number of carbonyl (C=O) groups is 1. The van der Waals surface area contributed by atoms with Crippen molar-refractivity contribution in [2.45, 2.75) is 46.1 Å². The summed E-state index contributed by atoms with van der Waals surface area (Å²) in [5.74, 6) is -0.830. The average Bonchev–Trinajstić information content (AvgIpc) is 2.46. The number of amides is 1. The molecule has 124 valence electrons. The monoisotopic (exact) mass is 327 g/mol. The van der Waals surface area contributed by atoms with E-state index in [2.05, 4.69) is 0 Å². The Hall–Kier alpha value is -1.40. The number of benzene rings is 1. The minimum atomic E-state index is -3.79. The number of aryl methyl sites for hydroxylation is 1. The highest BCUT2D eigenvalue weighted by molar-refractivity contribution is 7.89. The number of aliphatic hydroxyl groups is 1. The van der Waals surface area contributed by atoms with Gasteiger partial charge < -0.3 is 5.11 Å². The molecule has 1 amide bonds. The summed E-state index contributed by atoms with van der Waals surface area (Å²) in [6.45, 7) is 3.45. The van der Waals surface area contributed by atoms with Gasteiger partial charge in [-0.1, -0.05) is 44.0 Å². The van der Waals surface area contributed by atoms with Crippen molar-refractivity contribution in [3.8, 4) is 0 Å². The Labute approximate surface area is 133 Å². The highest BCUT2D eigenvalue weighted by Gasteiger charge is 2.27. The molecule has 22 heavy (non-hydrogen) atoms. The molecule has 0 saturated heterocycles. The van der Waals surface area contributed by atoms with Crippen molar-refractivity contribution in [2.75, 3.05) is 12.4 Å². The van der Waals surface area contributed by atoms with Crippen molar-refractivity contribution in [3.63, 3.8) is 0 Å². The SMILES string of the molecule is CCCCCC(=O)N(Cc1ccccc1C)S(=O)(=O)CCO. The largest absolute Gasteiger partial charge is 0.395 e. The number of unbranched alkanes of at least 4 members (excludes halogenated alkanes) is 2. The molecule has 1 N–H and O–H groups in total. The summed E-state index contributed by atoms with van der Waals surface area (Å²) >= 11 is 0. The predicted octanol–water partition coefficient (Wildman–Crippen LogP) is 2.23. The fourth-order valence-corrected chi connectivity index (χ4v) is 3.35. The summed E-state index contributed by atoms with van der Waals surface area (Å²) in [5, 5.41) is 8.95. The molecule has 0 atom stereocenters. The van der Waals surface area contributed by atoms with E-state index >= 15 is 0 Å². The number of sulfonamides is 1. The van der Waals surface area contributed by atoms with Gasteiger partial charge in [-0.25, -0.2) is 12.7 Å². The molecule has 0 saturated carbocycles. The first-order chi connectivity index (χ1) is 10.4. The Morgan fingerprint density at radius 1 is 1.23 bits per heavy atom. The van der Waals surface area contributed by atoms with Gasteiger partial charge in [-0.05, 0) is 24.5 Å².